The maximum Gasteiger partial charge on any atom is 0.150 e. The summed E-state index contributed by atoms with van der Waals surface area (Å²) in [6.07, 6.45) is 6.35. The van der Waals surface area contributed by atoms with Gasteiger partial charge in [-0.15, -0.1) is 0 Å². The molecule has 1 aliphatic rings. The number of sulfone groups is 1. The van der Waals surface area contributed by atoms with E-state index in [9.17, 15) is 8.42 Å². The van der Waals surface area contributed by atoms with Crippen LogP contribution in [-0.2, 0) is 9.84 Å². The average Bonchev–Trinajstić information content (AvgIpc) is 2.37. The SMILES string of the molecule is CCCS(=O)(=O)CCC1(CNC)CCC(C(C)(C)C)CC1. The third-order valence-corrected chi connectivity index (χ3v) is 7.14. The van der Waals surface area contributed by atoms with Gasteiger partial charge < -0.3 is 5.32 Å². The van der Waals surface area contributed by atoms with Gasteiger partial charge in [0.25, 0.3) is 0 Å². The monoisotopic (exact) mass is 317 g/mol. The van der Waals surface area contributed by atoms with Gasteiger partial charge in [-0.1, -0.05) is 27.7 Å². The van der Waals surface area contributed by atoms with Crippen molar-refractivity contribution in [2.45, 2.75) is 66.2 Å². The standard InChI is InChI=1S/C17H35NO2S/c1-6-12-21(19,20)13-11-17(14-18-5)9-7-15(8-10-17)16(2,3)4/h15,18H,6-14H2,1-5H3. The Morgan fingerprint density at radius 2 is 1.71 bits per heavy atom. The van der Waals surface area contributed by atoms with Gasteiger partial charge in [0.05, 0.1) is 5.75 Å². The molecule has 3 nitrogen and oxygen atoms in total. The van der Waals surface area contributed by atoms with Gasteiger partial charge >= 0.3 is 0 Å². The minimum absolute atomic E-state index is 0.192. The largest absolute Gasteiger partial charge is 0.319 e. The summed E-state index contributed by atoms with van der Waals surface area (Å²) in [7, 11) is -0.873. The van der Waals surface area contributed by atoms with E-state index in [0.29, 0.717) is 16.9 Å². The van der Waals surface area contributed by atoms with Crippen molar-refractivity contribution < 1.29 is 8.42 Å². The average molecular weight is 318 g/mol. The molecule has 1 N–H and O–H groups in total. The fraction of sp³-hybridized carbons (Fsp3) is 1.00. The van der Waals surface area contributed by atoms with Crippen molar-refractivity contribution >= 4 is 9.84 Å². The molecule has 0 aliphatic heterocycles. The predicted octanol–water partition coefficient (Wildman–Crippen LogP) is 3.64. The first-order valence-electron chi connectivity index (χ1n) is 8.49. The second-order valence-electron chi connectivity index (χ2n) is 8.07. The molecule has 126 valence electrons. The molecule has 1 saturated carbocycles. The molecular formula is C17H35NO2S. The first kappa shape index (κ1) is 19.0. The normalized spacial score (nSPS) is 27.8. The summed E-state index contributed by atoms with van der Waals surface area (Å²) in [6.45, 7) is 9.87. The molecule has 0 spiro atoms. The highest BCUT2D eigenvalue weighted by Crippen LogP contribution is 2.46. The van der Waals surface area contributed by atoms with Gasteiger partial charge in [-0.05, 0) is 62.3 Å². The Kier molecular flexibility index (Phi) is 6.73. The summed E-state index contributed by atoms with van der Waals surface area (Å²) >= 11 is 0. The van der Waals surface area contributed by atoms with Crippen LogP contribution in [-0.4, -0.2) is 33.5 Å². The Balaban J connectivity index is 2.66. The van der Waals surface area contributed by atoms with Crippen LogP contribution < -0.4 is 5.32 Å². The van der Waals surface area contributed by atoms with Gasteiger partial charge in [-0.2, -0.15) is 0 Å². The summed E-state index contributed by atoms with van der Waals surface area (Å²) in [4.78, 5) is 0. The molecular weight excluding hydrogens is 282 g/mol. The first-order valence-corrected chi connectivity index (χ1v) is 10.3. The summed E-state index contributed by atoms with van der Waals surface area (Å²) in [5.41, 5.74) is 0.567. The van der Waals surface area contributed by atoms with Crippen LogP contribution in [0.2, 0.25) is 0 Å². The molecule has 0 radical (unpaired) electrons. The van der Waals surface area contributed by atoms with Gasteiger partial charge in [-0.25, -0.2) is 8.42 Å². The molecule has 4 heteroatoms. The summed E-state index contributed by atoms with van der Waals surface area (Å²) in [5.74, 6) is 1.48. The van der Waals surface area contributed by atoms with E-state index < -0.39 is 9.84 Å². The number of hydrogen-bond acceptors (Lipinski definition) is 3. The van der Waals surface area contributed by atoms with E-state index in [0.717, 1.165) is 38.1 Å². The van der Waals surface area contributed by atoms with E-state index in [4.69, 9.17) is 0 Å². The molecule has 0 amide bonds. The highest BCUT2D eigenvalue weighted by Gasteiger charge is 2.38. The summed E-state index contributed by atoms with van der Waals surface area (Å²) in [6, 6.07) is 0. The first-order chi connectivity index (χ1) is 9.64. The Bertz CT molecular complexity index is 401. The molecule has 1 fully saturated rings. The minimum atomic E-state index is -2.86. The number of hydrogen-bond donors (Lipinski definition) is 1. The fourth-order valence-electron chi connectivity index (χ4n) is 3.77. The number of nitrogens with one attached hydrogen (secondary N) is 1. The zero-order valence-electron chi connectivity index (χ0n) is 14.7. The summed E-state index contributed by atoms with van der Waals surface area (Å²) in [5, 5.41) is 3.31. The molecule has 0 aromatic heterocycles. The van der Waals surface area contributed by atoms with E-state index in [1.807, 2.05) is 14.0 Å². The van der Waals surface area contributed by atoms with Gasteiger partial charge in [-0.3, -0.25) is 0 Å². The lowest BCUT2D eigenvalue weighted by atomic mass is 9.63. The van der Waals surface area contributed by atoms with Crippen LogP contribution in [0.4, 0.5) is 0 Å². The quantitative estimate of drug-likeness (QED) is 0.779. The van der Waals surface area contributed by atoms with Crippen molar-refractivity contribution in [3.8, 4) is 0 Å². The van der Waals surface area contributed by atoms with Crippen LogP contribution in [0.1, 0.15) is 66.2 Å². The smallest absolute Gasteiger partial charge is 0.150 e. The fourth-order valence-corrected chi connectivity index (χ4v) is 5.34. The maximum atomic E-state index is 12.0. The van der Waals surface area contributed by atoms with Crippen molar-refractivity contribution in [1.82, 2.24) is 5.32 Å². The van der Waals surface area contributed by atoms with Crippen molar-refractivity contribution in [2.24, 2.45) is 16.7 Å². The number of rotatable bonds is 7. The molecule has 21 heavy (non-hydrogen) atoms. The summed E-state index contributed by atoms with van der Waals surface area (Å²) < 4.78 is 24.0. The molecule has 0 saturated heterocycles. The van der Waals surface area contributed by atoms with Crippen LogP contribution in [0.5, 0.6) is 0 Å². The molecule has 0 aromatic rings. The van der Waals surface area contributed by atoms with Crippen LogP contribution in [0.25, 0.3) is 0 Å². The Hall–Kier alpha value is -0.0900. The Labute approximate surface area is 132 Å². The van der Waals surface area contributed by atoms with E-state index in [-0.39, 0.29) is 5.41 Å². The van der Waals surface area contributed by atoms with E-state index >= 15 is 0 Å². The lowest BCUT2D eigenvalue weighted by molar-refractivity contribution is 0.0852. The molecule has 1 aliphatic carbocycles. The van der Waals surface area contributed by atoms with Crippen molar-refractivity contribution in [2.75, 3.05) is 25.1 Å². The third kappa shape index (κ3) is 5.90. The highest BCUT2D eigenvalue weighted by molar-refractivity contribution is 7.91. The van der Waals surface area contributed by atoms with E-state index in [2.05, 4.69) is 26.1 Å². The van der Waals surface area contributed by atoms with Gasteiger partial charge in [0.15, 0.2) is 0 Å². The molecule has 0 unspecified atom stereocenters. The third-order valence-electron chi connectivity index (χ3n) is 5.28. The van der Waals surface area contributed by atoms with Crippen molar-refractivity contribution in [3.05, 3.63) is 0 Å². The van der Waals surface area contributed by atoms with Gasteiger partial charge in [0, 0.05) is 12.3 Å². The van der Waals surface area contributed by atoms with E-state index in [1.165, 1.54) is 12.8 Å². The van der Waals surface area contributed by atoms with Crippen LogP contribution >= 0.6 is 0 Å². The predicted molar refractivity (Wildman–Crippen MR) is 91.3 cm³/mol. The lowest BCUT2D eigenvalue weighted by Gasteiger charge is -2.44. The van der Waals surface area contributed by atoms with Crippen LogP contribution in [0.3, 0.4) is 0 Å². The highest BCUT2D eigenvalue weighted by atomic mass is 32.2. The Morgan fingerprint density at radius 3 is 2.14 bits per heavy atom. The second-order valence-corrected chi connectivity index (χ2v) is 10.4. The van der Waals surface area contributed by atoms with Gasteiger partial charge in [0.2, 0.25) is 0 Å². The Morgan fingerprint density at radius 1 is 1.14 bits per heavy atom. The molecule has 0 atom stereocenters. The minimum Gasteiger partial charge on any atom is -0.319 e. The van der Waals surface area contributed by atoms with Crippen LogP contribution in [0, 0.1) is 16.7 Å². The van der Waals surface area contributed by atoms with Gasteiger partial charge in [0.1, 0.15) is 9.84 Å². The maximum absolute atomic E-state index is 12.0. The van der Waals surface area contributed by atoms with E-state index in [1.54, 1.807) is 0 Å². The topological polar surface area (TPSA) is 46.2 Å². The second kappa shape index (κ2) is 7.45. The van der Waals surface area contributed by atoms with Crippen molar-refractivity contribution in [1.29, 1.82) is 0 Å². The molecule has 0 heterocycles. The molecule has 1 rings (SSSR count). The lowest BCUT2D eigenvalue weighted by Crippen LogP contribution is -2.40. The van der Waals surface area contributed by atoms with Crippen LogP contribution in [0.15, 0.2) is 0 Å². The zero-order chi connectivity index (χ0) is 16.1. The molecule has 0 bridgehead atoms. The molecule has 0 aromatic carbocycles. The zero-order valence-corrected chi connectivity index (χ0v) is 15.5. The van der Waals surface area contributed by atoms with Crippen molar-refractivity contribution in [3.63, 3.8) is 0 Å².